The fourth-order valence-corrected chi connectivity index (χ4v) is 2.95. The number of methoxy groups -OCH3 is 3. The summed E-state index contributed by atoms with van der Waals surface area (Å²) in [5, 5.41) is 0. The Bertz CT molecular complexity index is 728. The highest BCUT2D eigenvalue weighted by Gasteiger charge is 2.16. The van der Waals surface area contributed by atoms with E-state index in [2.05, 4.69) is 18.0 Å². The molecule has 0 bridgehead atoms. The molecule has 6 nitrogen and oxygen atoms in total. The summed E-state index contributed by atoms with van der Waals surface area (Å²) in [6, 6.07) is 9.97. The Labute approximate surface area is 160 Å². The Morgan fingerprint density at radius 3 is 2.08 bits per heavy atom. The Balaban J connectivity index is 0.00000243. The van der Waals surface area contributed by atoms with E-state index in [0.717, 1.165) is 30.2 Å². The molecule has 1 aliphatic heterocycles. The van der Waals surface area contributed by atoms with Crippen molar-refractivity contribution in [2.24, 2.45) is 0 Å². The van der Waals surface area contributed by atoms with Crippen LogP contribution in [0.15, 0.2) is 30.3 Å². The predicted molar refractivity (Wildman–Crippen MR) is 101 cm³/mol. The molecule has 0 amide bonds. The van der Waals surface area contributed by atoms with Crippen LogP contribution in [0.25, 0.3) is 0 Å². The molecule has 3 rings (SSSR count). The average molecular weight is 382 g/mol. The SMILES string of the molecule is COc1cc(CN(C)Cc2ccc3c(c2)OCO3)cc(OC)c1OC.Cl. The Morgan fingerprint density at radius 2 is 1.46 bits per heavy atom. The molecule has 0 fully saturated rings. The zero-order chi connectivity index (χ0) is 17.8. The van der Waals surface area contributed by atoms with Gasteiger partial charge in [-0.3, -0.25) is 4.90 Å². The van der Waals surface area contributed by atoms with Crippen LogP contribution in [0.5, 0.6) is 28.7 Å². The predicted octanol–water partition coefficient (Wildman–Crippen LogP) is 3.49. The summed E-state index contributed by atoms with van der Waals surface area (Å²) in [6.45, 7) is 1.82. The van der Waals surface area contributed by atoms with Crippen molar-refractivity contribution in [2.75, 3.05) is 35.2 Å². The van der Waals surface area contributed by atoms with Crippen molar-refractivity contribution < 1.29 is 23.7 Å². The van der Waals surface area contributed by atoms with Crippen LogP contribution in [-0.2, 0) is 13.1 Å². The number of ether oxygens (including phenoxy) is 5. The lowest BCUT2D eigenvalue weighted by molar-refractivity contribution is 0.174. The molecule has 0 aliphatic carbocycles. The highest BCUT2D eigenvalue weighted by molar-refractivity contribution is 5.85. The molecule has 0 saturated carbocycles. The van der Waals surface area contributed by atoms with Crippen molar-refractivity contribution in [1.82, 2.24) is 4.90 Å². The van der Waals surface area contributed by atoms with Gasteiger partial charge in [0.05, 0.1) is 21.3 Å². The van der Waals surface area contributed by atoms with E-state index >= 15 is 0 Å². The molecule has 26 heavy (non-hydrogen) atoms. The molecule has 0 atom stereocenters. The first-order valence-electron chi connectivity index (χ1n) is 8.00. The second kappa shape index (κ2) is 8.87. The topological polar surface area (TPSA) is 49.4 Å². The zero-order valence-electron chi connectivity index (χ0n) is 15.4. The van der Waals surface area contributed by atoms with Gasteiger partial charge >= 0.3 is 0 Å². The van der Waals surface area contributed by atoms with Gasteiger partial charge in [-0.25, -0.2) is 0 Å². The molecule has 2 aromatic rings. The molecular weight excluding hydrogens is 358 g/mol. The second-order valence-corrected chi connectivity index (χ2v) is 5.89. The Morgan fingerprint density at radius 1 is 0.846 bits per heavy atom. The van der Waals surface area contributed by atoms with E-state index in [4.69, 9.17) is 23.7 Å². The van der Waals surface area contributed by atoms with Crippen LogP contribution < -0.4 is 23.7 Å². The lowest BCUT2D eigenvalue weighted by Crippen LogP contribution is -2.17. The Hall–Kier alpha value is -2.31. The first-order chi connectivity index (χ1) is 12.1. The number of hydrogen-bond acceptors (Lipinski definition) is 6. The third-order valence-corrected chi connectivity index (χ3v) is 4.07. The largest absolute Gasteiger partial charge is 0.493 e. The summed E-state index contributed by atoms with van der Waals surface area (Å²) in [5.74, 6) is 3.53. The maximum Gasteiger partial charge on any atom is 0.231 e. The van der Waals surface area contributed by atoms with Gasteiger partial charge < -0.3 is 23.7 Å². The summed E-state index contributed by atoms with van der Waals surface area (Å²) in [4.78, 5) is 2.21. The molecule has 2 aromatic carbocycles. The number of benzene rings is 2. The third kappa shape index (κ3) is 4.26. The van der Waals surface area contributed by atoms with Gasteiger partial charge in [0.25, 0.3) is 0 Å². The quantitative estimate of drug-likeness (QED) is 0.731. The molecule has 1 heterocycles. The van der Waals surface area contributed by atoms with Gasteiger partial charge in [-0.1, -0.05) is 6.07 Å². The third-order valence-electron chi connectivity index (χ3n) is 4.07. The molecule has 0 radical (unpaired) electrons. The first kappa shape index (κ1) is 20.0. The van der Waals surface area contributed by atoms with Crippen molar-refractivity contribution in [3.05, 3.63) is 41.5 Å². The van der Waals surface area contributed by atoms with E-state index in [1.165, 1.54) is 5.56 Å². The summed E-state index contributed by atoms with van der Waals surface area (Å²) < 4.78 is 27.0. The van der Waals surface area contributed by atoms with E-state index in [9.17, 15) is 0 Å². The number of nitrogens with zero attached hydrogens (tertiary/aromatic N) is 1. The van der Waals surface area contributed by atoms with Crippen LogP contribution in [0.1, 0.15) is 11.1 Å². The molecule has 0 spiro atoms. The van der Waals surface area contributed by atoms with Crippen LogP contribution in [0, 0.1) is 0 Å². The molecule has 7 heteroatoms. The van der Waals surface area contributed by atoms with Crippen LogP contribution in [0.4, 0.5) is 0 Å². The highest BCUT2D eigenvalue weighted by Crippen LogP contribution is 2.38. The van der Waals surface area contributed by atoms with E-state index < -0.39 is 0 Å². The second-order valence-electron chi connectivity index (χ2n) is 5.89. The molecule has 1 aliphatic rings. The minimum Gasteiger partial charge on any atom is -0.493 e. The van der Waals surface area contributed by atoms with Crippen LogP contribution >= 0.6 is 12.4 Å². The monoisotopic (exact) mass is 381 g/mol. The first-order valence-corrected chi connectivity index (χ1v) is 8.00. The van der Waals surface area contributed by atoms with Gasteiger partial charge in [0.1, 0.15) is 0 Å². The molecule has 0 saturated heterocycles. The fourth-order valence-electron chi connectivity index (χ4n) is 2.95. The smallest absolute Gasteiger partial charge is 0.231 e. The average Bonchev–Trinajstić information content (AvgIpc) is 3.08. The minimum atomic E-state index is 0. The molecule has 142 valence electrons. The maximum atomic E-state index is 5.44. The zero-order valence-corrected chi connectivity index (χ0v) is 16.2. The van der Waals surface area contributed by atoms with Crippen molar-refractivity contribution in [2.45, 2.75) is 13.1 Å². The number of rotatable bonds is 7. The normalized spacial score (nSPS) is 11.9. The molecule has 0 aromatic heterocycles. The van der Waals surface area contributed by atoms with E-state index in [0.29, 0.717) is 24.0 Å². The van der Waals surface area contributed by atoms with Gasteiger partial charge in [-0.05, 0) is 42.4 Å². The van der Waals surface area contributed by atoms with Crippen molar-refractivity contribution >= 4 is 12.4 Å². The maximum absolute atomic E-state index is 5.44. The van der Waals surface area contributed by atoms with E-state index in [1.807, 2.05) is 24.3 Å². The van der Waals surface area contributed by atoms with Gasteiger partial charge in [-0.15, -0.1) is 12.4 Å². The summed E-state index contributed by atoms with van der Waals surface area (Å²) in [7, 11) is 6.91. The van der Waals surface area contributed by atoms with Crippen LogP contribution in [-0.4, -0.2) is 40.1 Å². The standard InChI is InChI=1S/C19H23NO5.ClH/c1-20(10-13-5-6-15-16(7-13)25-12-24-15)11-14-8-17(21-2)19(23-4)18(9-14)22-3;/h5-9H,10-12H2,1-4H3;1H. The number of halogens is 1. The van der Waals surface area contributed by atoms with Gasteiger partial charge in [0.2, 0.25) is 12.5 Å². The minimum absolute atomic E-state index is 0. The van der Waals surface area contributed by atoms with E-state index in [-0.39, 0.29) is 12.4 Å². The summed E-state index contributed by atoms with van der Waals surface area (Å²) in [6.07, 6.45) is 0. The van der Waals surface area contributed by atoms with Gasteiger partial charge in [-0.2, -0.15) is 0 Å². The van der Waals surface area contributed by atoms with Crippen molar-refractivity contribution in [3.8, 4) is 28.7 Å². The number of fused-ring (bicyclic) bond motifs is 1. The summed E-state index contributed by atoms with van der Waals surface area (Å²) in [5.41, 5.74) is 2.25. The van der Waals surface area contributed by atoms with Crippen molar-refractivity contribution in [3.63, 3.8) is 0 Å². The Kier molecular flexibility index (Phi) is 6.83. The van der Waals surface area contributed by atoms with Gasteiger partial charge in [0.15, 0.2) is 23.0 Å². The van der Waals surface area contributed by atoms with E-state index in [1.54, 1.807) is 21.3 Å². The van der Waals surface area contributed by atoms with Gasteiger partial charge in [0, 0.05) is 13.1 Å². The van der Waals surface area contributed by atoms with Crippen LogP contribution in [0.2, 0.25) is 0 Å². The van der Waals surface area contributed by atoms with Crippen LogP contribution in [0.3, 0.4) is 0 Å². The highest BCUT2D eigenvalue weighted by atomic mass is 35.5. The lowest BCUT2D eigenvalue weighted by Gasteiger charge is -2.19. The summed E-state index contributed by atoms with van der Waals surface area (Å²) >= 11 is 0. The lowest BCUT2D eigenvalue weighted by atomic mass is 10.1. The molecular formula is C19H24ClNO5. The van der Waals surface area contributed by atoms with Crippen molar-refractivity contribution in [1.29, 1.82) is 0 Å². The molecule has 0 N–H and O–H groups in total. The fraction of sp³-hybridized carbons (Fsp3) is 0.368. The number of hydrogen-bond donors (Lipinski definition) is 0. The molecule has 0 unspecified atom stereocenters.